The third-order valence-electron chi connectivity index (χ3n) is 2.64. The van der Waals surface area contributed by atoms with Gasteiger partial charge in [-0.3, -0.25) is 4.68 Å². The van der Waals surface area contributed by atoms with E-state index < -0.39 is 12.2 Å². The zero-order chi connectivity index (χ0) is 12.1. The van der Waals surface area contributed by atoms with Gasteiger partial charge in [0.15, 0.2) is 0 Å². The molecule has 0 aliphatic carbocycles. The maximum absolute atomic E-state index is 9.75. The number of aromatic nitrogens is 2. The van der Waals surface area contributed by atoms with Crippen LogP contribution in [0, 0.1) is 0 Å². The summed E-state index contributed by atoms with van der Waals surface area (Å²) in [5, 5.41) is 23.7. The fourth-order valence-electron chi connectivity index (χ4n) is 1.61. The fraction of sp³-hybridized carbons (Fsp3) is 0.750. The molecule has 16 heavy (non-hydrogen) atoms. The van der Waals surface area contributed by atoms with E-state index >= 15 is 0 Å². The van der Waals surface area contributed by atoms with Gasteiger partial charge in [0.05, 0.1) is 17.9 Å². The topological polar surface area (TPSA) is 58.3 Å². The zero-order valence-corrected chi connectivity index (χ0v) is 10.3. The summed E-state index contributed by atoms with van der Waals surface area (Å²) < 4.78 is 1.86. The van der Waals surface area contributed by atoms with Crippen LogP contribution in [0.2, 0.25) is 0 Å². The lowest BCUT2D eigenvalue weighted by atomic mass is 10.0. The van der Waals surface area contributed by atoms with Gasteiger partial charge in [0.1, 0.15) is 0 Å². The second-order valence-electron chi connectivity index (χ2n) is 4.51. The molecule has 4 heteroatoms. The molecule has 4 nitrogen and oxygen atoms in total. The maximum Gasteiger partial charge on any atom is 0.0855 e. The minimum atomic E-state index is -0.713. The minimum Gasteiger partial charge on any atom is -0.390 e. The SMILES string of the molecule is CCCC(O)C(O)Cc1ccn(C(C)C)n1. The van der Waals surface area contributed by atoms with Crippen molar-refractivity contribution in [2.24, 2.45) is 0 Å². The van der Waals surface area contributed by atoms with Crippen molar-refractivity contribution in [3.05, 3.63) is 18.0 Å². The lowest BCUT2D eigenvalue weighted by Gasteiger charge is -2.15. The Balaban J connectivity index is 2.52. The highest BCUT2D eigenvalue weighted by Crippen LogP contribution is 2.10. The molecule has 2 N–H and O–H groups in total. The molecule has 2 atom stereocenters. The average Bonchev–Trinajstić information content (AvgIpc) is 2.66. The molecule has 92 valence electrons. The van der Waals surface area contributed by atoms with Crippen molar-refractivity contribution in [1.82, 2.24) is 9.78 Å². The van der Waals surface area contributed by atoms with Gasteiger partial charge in [0, 0.05) is 18.7 Å². The molecule has 2 unspecified atom stereocenters. The Labute approximate surface area is 96.9 Å². The van der Waals surface area contributed by atoms with Crippen molar-refractivity contribution in [2.75, 3.05) is 0 Å². The van der Waals surface area contributed by atoms with E-state index in [1.165, 1.54) is 0 Å². The Morgan fingerprint density at radius 3 is 2.50 bits per heavy atom. The van der Waals surface area contributed by atoms with E-state index in [2.05, 4.69) is 18.9 Å². The van der Waals surface area contributed by atoms with Crippen LogP contribution in [0.15, 0.2) is 12.3 Å². The Morgan fingerprint density at radius 2 is 2.00 bits per heavy atom. The smallest absolute Gasteiger partial charge is 0.0855 e. The van der Waals surface area contributed by atoms with E-state index in [9.17, 15) is 10.2 Å². The van der Waals surface area contributed by atoms with E-state index in [1.54, 1.807) is 0 Å². The first kappa shape index (κ1) is 13.2. The monoisotopic (exact) mass is 226 g/mol. The predicted octanol–water partition coefficient (Wildman–Crippen LogP) is 1.53. The van der Waals surface area contributed by atoms with Crippen molar-refractivity contribution in [2.45, 2.75) is 58.3 Å². The molecule has 0 aliphatic heterocycles. The summed E-state index contributed by atoms with van der Waals surface area (Å²) in [6.07, 6.45) is 2.47. The highest BCUT2D eigenvalue weighted by Gasteiger charge is 2.17. The molecule has 0 saturated heterocycles. The summed E-state index contributed by atoms with van der Waals surface area (Å²) in [6.45, 7) is 6.10. The molecular weight excluding hydrogens is 204 g/mol. The summed E-state index contributed by atoms with van der Waals surface area (Å²) in [4.78, 5) is 0. The highest BCUT2D eigenvalue weighted by molar-refractivity contribution is 5.01. The number of rotatable bonds is 6. The van der Waals surface area contributed by atoms with Crippen molar-refractivity contribution < 1.29 is 10.2 Å². The quantitative estimate of drug-likeness (QED) is 0.773. The maximum atomic E-state index is 9.75. The van der Waals surface area contributed by atoms with Gasteiger partial charge in [-0.05, 0) is 26.3 Å². The molecule has 0 fully saturated rings. The van der Waals surface area contributed by atoms with Gasteiger partial charge in [-0.15, -0.1) is 0 Å². The van der Waals surface area contributed by atoms with Crippen LogP contribution in [0.25, 0.3) is 0 Å². The van der Waals surface area contributed by atoms with Gasteiger partial charge in [-0.1, -0.05) is 13.3 Å². The average molecular weight is 226 g/mol. The van der Waals surface area contributed by atoms with E-state index in [0.717, 1.165) is 12.1 Å². The molecule has 0 amide bonds. The molecule has 0 aliphatic rings. The standard InChI is InChI=1S/C12H22N2O2/c1-4-5-11(15)12(16)8-10-6-7-14(13-10)9(2)3/h6-7,9,11-12,15-16H,4-5,8H2,1-3H3. The summed E-state index contributed by atoms with van der Waals surface area (Å²) in [6, 6.07) is 2.22. The number of aliphatic hydroxyl groups excluding tert-OH is 2. The molecule has 0 radical (unpaired) electrons. The second-order valence-corrected chi connectivity index (χ2v) is 4.51. The highest BCUT2D eigenvalue weighted by atomic mass is 16.3. The molecule has 0 spiro atoms. The van der Waals surface area contributed by atoms with Crippen LogP contribution in [0.1, 0.15) is 45.3 Å². The van der Waals surface area contributed by atoms with Crippen LogP contribution in [0.3, 0.4) is 0 Å². The normalized spacial score (nSPS) is 15.4. The molecule has 1 heterocycles. The molecule has 0 saturated carbocycles. The zero-order valence-electron chi connectivity index (χ0n) is 10.3. The Hall–Kier alpha value is -0.870. The van der Waals surface area contributed by atoms with Crippen LogP contribution in [-0.4, -0.2) is 32.2 Å². The van der Waals surface area contributed by atoms with Gasteiger partial charge >= 0.3 is 0 Å². The Bertz CT molecular complexity index is 310. The molecule has 1 aromatic rings. The predicted molar refractivity (Wildman–Crippen MR) is 63.2 cm³/mol. The Morgan fingerprint density at radius 1 is 1.31 bits per heavy atom. The van der Waals surface area contributed by atoms with Crippen LogP contribution in [0.4, 0.5) is 0 Å². The first-order valence-electron chi connectivity index (χ1n) is 5.94. The first-order chi connectivity index (χ1) is 7.54. The second kappa shape index (κ2) is 6.01. The Kier molecular flexibility index (Phi) is 4.96. The third kappa shape index (κ3) is 3.61. The van der Waals surface area contributed by atoms with Crippen molar-refractivity contribution in [3.63, 3.8) is 0 Å². The molecule has 1 rings (SSSR count). The van der Waals surface area contributed by atoms with Gasteiger partial charge in [0.25, 0.3) is 0 Å². The van der Waals surface area contributed by atoms with E-state index in [4.69, 9.17) is 0 Å². The lowest BCUT2D eigenvalue weighted by Crippen LogP contribution is -2.28. The first-order valence-corrected chi connectivity index (χ1v) is 5.94. The number of hydrogen-bond donors (Lipinski definition) is 2. The van der Waals surface area contributed by atoms with E-state index in [0.29, 0.717) is 18.9 Å². The summed E-state index contributed by atoms with van der Waals surface area (Å²) in [5.74, 6) is 0. The van der Waals surface area contributed by atoms with E-state index in [1.807, 2.05) is 23.9 Å². The fourth-order valence-corrected chi connectivity index (χ4v) is 1.61. The number of nitrogens with zero attached hydrogens (tertiary/aromatic N) is 2. The van der Waals surface area contributed by atoms with Gasteiger partial charge < -0.3 is 10.2 Å². The van der Waals surface area contributed by atoms with Gasteiger partial charge in [0.2, 0.25) is 0 Å². The molecule has 0 bridgehead atoms. The molecular formula is C12H22N2O2. The lowest BCUT2D eigenvalue weighted by molar-refractivity contribution is 0.0142. The molecule has 0 aromatic carbocycles. The summed E-state index contributed by atoms with van der Waals surface area (Å²) in [7, 11) is 0. The largest absolute Gasteiger partial charge is 0.390 e. The summed E-state index contributed by atoms with van der Waals surface area (Å²) >= 11 is 0. The summed E-state index contributed by atoms with van der Waals surface area (Å²) in [5.41, 5.74) is 0.830. The van der Waals surface area contributed by atoms with E-state index in [-0.39, 0.29) is 0 Å². The van der Waals surface area contributed by atoms with Crippen LogP contribution >= 0.6 is 0 Å². The van der Waals surface area contributed by atoms with Gasteiger partial charge in [-0.2, -0.15) is 5.10 Å². The number of aliphatic hydroxyl groups is 2. The molecule has 1 aromatic heterocycles. The minimum absolute atomic E-state index is 0.325. The van der Waals surface area contributed by atoms with Crippen molar-refractivity contribution in [1.29, 1.82) is 0 Å². The van der Waals surface area contributed by atoms with Crippen molar-refractivity contribution >= 4 is 0 Å². The van der Waals surface area contributed by atoms with Crippen molar-refractivity contribution in [3.8, 4) is 0 Å². The van der Waals surface area contributed by atoms with Crippen LogP contribution in [-0.2, 0) is 6.42 Å². The van der Waals surface area contributed by atoms with Gasteiger partial charge in [-0.25, -0.2) is 0 Å². The third-order valence-corrected chi connectivity index (χ3v) is 2.64. The van der Waals surface area contributed by atoms with Crippen LogP contribution < -0.4 is 0 Å². The van der Waals surface area contributed by atoms with Crippen LogP contribution in [0.5, 0.6) is 0 Å². The number of hydrogen-bond acceptors (Lipinski definition) is 3.